The molecule has 2 heterocycles. The predicted molar refractivity (Wildman–Crippen MR) is 92.2 cm³/mol. The van der Waals surface area contributed by atoms with Gasteiger partial charge in [-0.15, -0.1) is 16.4 Å². The average molecular weight is 356 g/mol. The molecule has 3 aromatic rings. The second-order valence-electron chi connectivity index (χ2n) is 4.93. The number of carbonyl (C=O) groups excluding carboxylic acids is 1. The molecule has 0 atom stereocenters. The number of hydrogen-bond acceptors (Lipinski definition) is 7. The van der Waals surface area contributed by atoms with Gasteiger partial charge in [0.25, 0.3) is 11.6 Å². The molecule has 0 saturated carbocycles. The van der Waals surface area contributed by atoms with E-state index in [-0.39, 0.29) is 11.7 Å². The van der Waals surface area contributed by atoms with Crippen LogP contribution < -0.4 is 5.32 Å². The summed E-state index contributed by atoms with van der Waals surface area (Å²) in [4.78, 5) is 23.2. The third-order valence-electron chi connectivity index (χ3n) is 3.11. The van der Waals surface area contributed by atoms with Crippen molar-refractivity contribution in [3.63, 3.8) is 0 Å². The Kier molecular flexibility index (Phi) is 4.95. The molecule has 2 aromatic heterocycles. The highest BCUT2D eigenvalue weighted by atomic mass is 32.1. The molecule has 0 spiro atoms. The maximum atomic E-state index is 11.9. The monoisotopic (exact) mass is 356 g/mol. The van der Waals surface area contributed by atoms with Crippen LogP contribution in [0.2, 0.25) is 0 Å². The molecule has 0 aliphatic rings. The summed E-state index contributed by atoms with van der Waals surface area (Å²) in [7, 11) is 0. The number of nitro groups is 1. The second-order valence-corrected chi connectivity index (χ2v) is 5.96. The summed E-state index contributed by atoms with van der Waals surface area (Å²) in [6, 6.07) is 9.83. The fourth-order valence-corrected chi connectivity index (χ4v) is 2.69. The maximum Gasteiger partial charge on any atom is 0.322 e. The van der Waals surface area contributed by atoms with Crippen LogP contribution in [0.5, 0.6) is 0 Å². The van der Waals surface area contributed by atoms with Crippen molar-refractivity contribution in [1.29, 1.82) is 0 Å². The lowest BCUT2D eigenvalue weighted by Crippen LogP contribution is -2.07. The summed E-state index contributed by atoms with van der Waals surface area (Å²) >= 11 is 1.58. The van der Waals surface area contributed by atoms with E-state index in [0.717, 1.165) is 4.88 Å². The number of carbonyl (C=O) groups is 1. The van der Waals surface area contributed by atoms with Crippen LogP contribution in [-0.2, 0) is 11.2 Å². The van der Waals surface area contributed by atoms with Crippen molar-refractivity contribution >= 4 is 35.0 Å². The van der Waals surface area contributed by atoms with E-state index in [1.165, 1.54) is 24.3 Å². The van der Waals surface area contributed by atoms with Crippen molar-refractivity contribution in [2.24, 2.45) is 0 Å². The van der Waals surface area contributed by atoms with Gasteiger partial charge in [0.1, 0.15) is 0 Å². The molecule has 0 aliphatic heterocycles. The van der Waals surface area contributed by atoms with Crippen molar-refractivity contribution in [3.8, 4) is 0 Å². The number of rotatable bonds is 6. The summed E-state index contributed by atoms with van der Waals surface area (Å²) in [5.41, 5.74) is 0.492. The number of amides is 1. The van der Waals surface area contributed by atoms with Gasteiger partial charge in [-0.05, 0) is 23.1 Å². The Morgan fingerprint density at radius 2 is 2.20 bits per heavy atom. The maximum absolute atomic E-state index is 11.9. The quantitative estimate of drug-likeness (QED) is 0.412. The van der Waals surface area contributed by atoms with E-state index in [1.807, 2.05) is 17.5 Å². The van der Waals surface area contributed by atoms with Gasteiger partial charge < -0.3 is 4.42 Å². The minimum absolute atomic E-state index is 0.000230. The van der Waals surface area contributed by atoms with Gasteiger partial charge in [-0.25, -0.2) is 0 Å². The number of benzene rings is 1. The number of hydrogen-bond donors (Lipinski definition) is 1. The van der Waals surface area contributed by atoms with E-state index in [4.69, 9.17) is 4.42 Å². The first-order valence-corrected chi connectivity index (χ1v) is 8.06. The van der Waals surface area contributed by atoms with Crippen LogP contribution in [0, 0.1) is 10.1 Å². The Balaban J connectivity index is 1.60. The zero-order valence-electron chi connectivity index (χ0n) is 12.8. The summed E-state index contributed by atoms with van der Waals surface area (Å²) in [5, 5.41) is 22.8. The molecule has 0 fully saturated rings. The largest absolute Gasteiger partial charge is 0.407 e. The molecule has 0 bridgehead atoms. The number of non-ortho nitro benzene ring substituents is 1. The van der Waals surface area contributed by atoms with Crippen LogP contribution in [0.4, 0.5) is 11.7 Å². The smallest absolute Gasteiger partial charge is 0.322 e. The zero-order valence-corrected chi connectivity index (χ0v) is 13.6. The number of thiophene rings is 1. The standard InChI is InChI=1S/C16H12N4O4S/c21-14(7-6-11-3-1-4-12(9-11)20(22)23)17-16-19-18-15(24-16)10-13-5-2-8-25-13/h1-9H,10H2,(H,17,19,21). The summed E-state index contributed by atoms with van der Waals surface area (Å²) in [6.07, 6.45) is 3.21. The van der Waals surface area contributed by atoms with Crippen LogP contribution in [-0.4, -0.2) is 21.0 Å². The van der Waals surface area contributed by atoms with Crippen LogP contribution in [0.1, 0.15) is 16.3 Å². The number of anilines is 1. The Morgan fingerprint density at radius 1 is 1.32 bits per heavy atom. The Bertz CT molecular complexity index is 918. The minimum atomic E-state index is -0.495. The third-order valence-corrected chi connectivity index (χ3v) is 3.99. The molecule has 126 valence electrons. The van der Waals surface area contributed by atoms with Crippen molar-refractivity contribution in [2.45, 2.75) is 6.42 Å². The normalized spacial score (nSPS) is 10.9. The molecule has 0 saturated heterocycles. The molecule has 8 nitrogen and oxygen atoms in total. The highest BCUT2D eigenvalue weighted by Gasteiger charge is 2.09. The van der Waals surface area contributed by atoms with Gasteiger partial charge in [0.2, 0.25) is 5.89 Å². The summed E-state index contributed by atoms with van der Waals surface area (Å²) < 4.78 is 5.36. The molecule has 9 heteroatoms. The van der Waals surface area contributed by atoms with E-state index in [1.54, 1.807) is 23.5 Å². The van der Waals surface area contributed by atoms with Crippen LogP contribution in [0.3, 0.4) is 0 Å². The fourth-order valence-electron chi connectivity index (χ4n) is 2.00. The van der Waals surface area contributed by atoms with Crippen LogP contribution in [0.15, 0.2) is 52.3 Å². The molecule has 1 N–H and O–H groups in total. The van der Waals surface area contributed by atoms with Crippen LogP contribution in [0.25, 0.3) is 6.08 Å². The van der Waals surface area contributed by atoms with Crippen molar-refractivity contribution in [2.75, 3.05) is 5.32 Å². The number of nitro benzene ring substituents is 1. The van der Waals surface area contributed by atoms with Gasteiger partial charge >= 0.3 is 6.01 Å². The van der Waals surface area contributed by atoms with Gasteiger partial charge in [-0.3, -0.25) is 20.2 Å². The average Bonchev–Trinajstić information content (AvgIpc) is 3.26. The van der Waals surface area contributed by atoms with Crippen LogP contribution >= 0.6 is 11.3 Å². The third kappa shape index (κ3) is 4.58. The Morgan fingerprint density at radius 3 is 2.96 bits per heavy atom. The Labute approximate surface area is 146 Å². The van der Waals surface area contributed by atoms with Gasteiger partial charge in [0, 0.05) is 23.1 Å². The van der Waals surface area contributed by atoms with E-state index in [2.05, 4.69) is 15.5 Å². The molecule has 0 radical (unpaired) electrons. The van der Waals surface area contributed by atoms with Gasteiger partial charge in [0.05, 0.1) is 11.3 Å². The van der Waals surface area contributed by atoms with Gasteiger partial charge in [-0.2, -0.15) is 0 Å². The SMILES string of the molecule is O=C(C=Cc1cccc([N+](=O)[O-])c1)Nc1nnc(Cc2cccs2)o1. The number of nitrogens with zero attached hydrogens (tertiary/aromatic N) is 3. The zero-order chi connectivity index (χ0) is 17.6. The highest BCUT2D eigenvalue weighted by molar-refractivity contribution is 7.09. The van der Waals surface area contributed by atoms with Crippen molar-refractivity contribution in [3.05, 3.63) is 74.3 Å². The first-order chi connectivity index (χ1) is 12.1. The van der Waals surface area contributed by atoms with Gasteiger partial charge in [-0.1, -0.05) is 23.3 Å². The molecule has 1 aromatic carbocycles. The predicted octanol–water partition coefficient (Wildman–Crippen LogP) is 3.28. The molecule has 0 aliphatic carbocycles. The van der Waals surface area contributed by atoms with E-state index >= 15 is 0 Å². The Hall–Kier alpha value is -3.33. The minimum Gasteiger partial charge on any atom is -0.407 e. The van der Waals surface area contributed by atoms with E-state index in [0.29, 0.717) is 17.9 Å². The molecule has 3 rings (SSSR count). The van der Waals surface area contributed by atoms with Crippen molar-refractivity contribution in [1.82, 2.24) is 10.2 Å². The van der Waals surface area contributed by atoms with E-state index < -0.39 is 10.8 Å². The summed E-state index contributed by atoms with van der Waals surface area (Å²) in [5.74, 6) is -0.0711. The molecular weight excluding hydrogens is 344 g/mol. The first-order valence-electron chi connectivity index (χ1n) is 7.18. The topological polar surface area (TPSA) is 111 Å². The van der Waals surface area contributed by atoms with Gasteiger partial charge in [0.15, 0.2) is 0 Å². The first kappa shape index (κ1) is 16.5. The number of aromatic nitrogens is 2. The summed E-state index contributed by atoms with van der Waals surface area (Å²) in [6.45, 7) is 0. The lowest BCUT2D eigenvalue weighted by atomic mass is 10.2. The lowest BCUT2D eigenvalue weighted by molar-refractivity contribution is -0.384. The fraction of sp³-hybridized carbons (Fsp3) is 0.0625. The van der Waals surface area contributed by atoms with E-state index in [9.17, 15) is 14.9 Å². The lowest BCUT2D eigenvalue weighted by Gasteiger charge is -1.96. The van der Waals surface area contributed by atoms with Crippen molar-refractivity contribution < 1.29 is 14.1 Å². The molecule has 0 unspecified atom stereocenters. The second kappa shape index (κ2) is 7.49. The highest BCUT2D eigenvalue weighted by Crippen LogP contribution is 2.16. The molecule has 1 amide bonds. The molecular formula is C16H12N4O4S. The molecule has 25 heavy (non-hydrogen) atoms. The number of nitrogens with one attached hydrogen (secondary N) is 1.